The Morgan fingerprint density at radius 2 is 2.43 bits per heavy atom. The van der Waals surface area contributed by atoms with Crippen molar-refractivity contribution in [3.63, 3.8) is 0 Å². The molecule has 6 heteroatoms. The zero-order valence-corrected chi connectivity index (χ0v) is 7.70. The van der Waals surface area contributed by atoms with E-state index >= 15 is 0 Å². The molecular formula is C8H11FN4O. The summed E-state index contributed by atoms with van der Waals surface area (Å²) in [6, 6.07) is 0.971. The van der Waals surface area contributed by atoms with Crippen LogP contribution in [0.3, 0.4) is 0 Å². The molecule has 0 saturated heterocycles. The third kappa shape index (κ3) is 3.34. The summed E-state index contributed by atoms with van der Waals surface area (Å²) in [6.07, 6.45) is 1.28. The Balaban J connectivity index is 2.55. The summed E-state index contributed by atoms with van der Waals surface area (Å²) >= 11 is 0. The zero-order valence-electron chi connectivity index (χ0n) is 7.70. The Hall–Kier alpha value is -1.72. The van der Waals surface area contributed by atoms with E-state index in [0.717, 1.165) is 12.4 Å². The average Bonchev–Trinajstić information content (AvgIpc) is 2.01. The maximum Gasteiger partial charge on any atom is 0.219 e. The van der Waals surface area contributed by atoms with Crippen molar-refractivity contribution in [3.8, 4) is 0 Å². The number of carbonyl (C=O) groups is 1. The van der Waals surface area contributed by atoms with Crippen LogP contribution in [0, 0.1) is 5.95 Å². The molecule has 0 saturated carbocycles. The second kappa shape index (κ2) is 4.50. The molecule has 1 aromatic rings. The minimum absolute atomic E-state index is 0.172. The lowest BCUT2D eigenvalue weighted by molar-refractivity contribution is -0.118. The highest BCUT2D eigenvalue weighted by Crippen LogP contribution is 2.05. The highest BCUT2D eigenvalue weighted by atomic mass is 19.1. The molecular weight excluding hydrogens is 187 g/mol. The number of amides is 1. The molecule has 0 radical (unpaired) electrons. The first-order valence-electron chi connectivity index (χ1n) is 4.10. The lowest BCUT2D eigenvalue weighted by atomic mass is 10.2. The number of hydrogen-bond donors (Lipinski definition) is 2. The van der Waals surface area contributed by atoms with E-state index in [9.17, 15) is 9.18 Å². The normalized spacial score (nSPS) is 12.1. The van der Waals surface area contributed by atoms with Gasteiger partial charge in [-0.2, -0.15) is 4.39 Å². The van der Waals surface area contributed by atoms with E-state index in [4.69, 9.17) is 5.73 Å². The number of aromatic nitrogens is 2. The summed E-state index contributed by atoms with van der Waals surface area (Å²) in [4.78, 5) is 17.6. The van der Waals surface area contributed by atoms with Crippen LogP contribution in [0.1, 0.15) is 13.3 Å². The molecule has 1 aromatic heterocycles. The van der Waals surface area contributed by atoms with Gasteiger partial charge in [-0.15, -0.1) is 0 Å². The van der Waals surface area contributed by atoms with Crippen LogP contribution in [0.4, 0.5) is 10.2 Å². The molecule has 0 aliphatic rings. The predicted octanol–water partition coefficient (Wildman–Crippen LogP) is 0.291. The molecule has 1 unspecified atom stereocenters. The Morgan fingerprint density at radius 3 is 3.00 bits per heavy atom. The van der Waals surface area contributed by atoms with Crippen molar-refractivity contribution < 1.29 is 9.18 Å². The molecule has 76 valence electrons. The zero-order chi connectivity index (χ0) is 10.6. The molecule has 14 heavy (non-hydrogen) atoms. The number of rotatable bonds is 4. The van der Waals surface area contributed by atoms with E-state index in [1.54, 1.807) is 6.92 Å². The smallest absolute Gasteiger partial charge is 0.219 e. The summed E-state index contributed by atoms with van der Waals surface area (Å²) in [5.41, 5.74) is 4.99. The van der Waals surface area contributed by atoms with Gasteiger partial charge in [-0.3, -0.25) is 4.79 Å². The van der Waals surface area contributed by atoms with E-state index in [2.05, 4.69) is 15.3 Å². The lowest BCUT2D eigenvalue weighted by Gasteiger charge is -2.11. The summed E-state index contributed by atoms with van der Waals surface area (Å²) in [5, 5.41) is 2.82. The maximum atomic E-state index is 12.6. The Morgan fingerprint density at radius 1 is 1.71 bits per heavy atom. The van der Waals surface area contributed by atoms with Gasteiger partial charge in [0.1, 0.15) is 12.1 Å². The van der Waals surface area contributed by atoms with Crippen molar-refractivity contribution in [1.29, 1.82) is 0 Å². The fourth-order valence-electron chi connectivity index (χ4n) is 1.02. The number of anilines is 1. The summed E-state index contributed by atoms with van der Waals surface area (Å²) in [7, 11) is 0. The molecule has 0 aliphatic heterocycles. The first-order valence-corrected chi connectivity index (χ1v) is 4.10. The third-order valence-corrected chi connectivity index (χ3v) is 1.54. The van der Waals surface area contributed by atoms with Crippen LogP contribution < -0.4 is 11.1 Å². The standard InChI is InChI=1S/C8H11FN4O/c1-5(2-7(10)14)13-8-3-6(9)11-4-12-8/h3-5H,2H2,1H3,(H2,10,14)(H,11,12,13). The van der Waals surface area contributed by atoms with Crippen molar-refractivity contribution in [3.05, 3.63) is 18.3 Å². The first-order chi connectivity index (χ1) is 6.58. The molecule has 0 bridgehead atoms. The molecule has 0 fully saturated rings. The van der Waals surface area contributed by atoms with Gasteiger partial charge in [0.25, 0.3) is 0 Å². The molecule has 0 spiro atoms. The highest BCUT2D eigenvalue weighted by molar-refractivity contribution is 5.74. The van der Waals surface area contributed by atoms with Crippen molar-refractivity contribution in [2.24, 2.45) is 5.73 Å². The summed E-state index contributed by atoms with van der Waals surface area (Å²) in [6.45, 7) is 1.75. The first kappa shape index (κ1) is 10.4. The minimum Gasteiger partial charge on any atom is -0.370 e. The number of hydrogen-bond acceptors (Lipinski definition) is 4. The molecule has 1 rings (SSSR count). The Kier molecular flexibility index (Phi) is 3.33. The van der Waals surface area contributed by atoms with Crippen molar-refractivity contribution in [1.82, 2.24) is 9.97 Å². The van der Waals surface area contributed by atoms with Crippen molar-refractivity contribution in [2.45, 2.75) is 19.4 Å². The predicted molar refractivity (Wildman–Crippen MR) is 48.9 cm³/mol. The number of nitrogens with one attached hydrogen (secondary N) is 1. The SMILES string of the molecule is CC(CC(N)=O)Nc1cc(F)ncn1. The number of carbonyl (C=O) groups excluding carboxylic acids is 1. The second-order valence-electron chi connectivity index (χ2n) is 2.94. The quantitative estimate of drug-likeness (QED) is 0.681. The monoisotopic (exact) mass is 198 g/mol. The minimum atomic E-state index is -0.617. The van der Waals surface area contributed by atoms with E-state index < -0.39 is 11.9 Å². The largest absolute Gasteiger partial charge is 0.370 e. The van der Waals surface area contributed by atoms with Crippen LogP contribution in [0.5, 0.6) is 0 Å². The molecule has 1 amide bonds. The van der Waals surface area contributed by atoms with Crippen LogP contribution in [-0.2, 0) is 4.79 Å². The van der Waals surface area contributed by atoms with Gasteiger partial charge in [0, 0.05) is 18.5 Å². The van der Waals surface area contributed by atoms with Crippen LogP contribution in [0.2, 0.25) is 0 Å². The van der Waals surface area contributed by atoms with Gasteiger partial charge in [-0.05, 0) is 6.92 Å². The number of nitrogens with two attached hydrogens (primary N) is 1. The fourth-order valence-corrected chi connectivity index (χ4v) is 1.02. The summed E-state index contributed by atoms with van der Waals surface area (Å²) in [5.74, 6) is -0.695. The van der Waals surface area contributed by atoms with E-state index in [0.29, 0.717) is 5.82 Å². The second-order valence-corrected chi connectivity index (χ2v) is 2.94. The molecule has 0 aromatic carbocycles. The van der Waals surface area contributed by atoms with Crippen LogP contribution >= 0.6 is 0 Å². The van der Waals surface area contributed by atoms with Gasteiger partial charge < -0.3 is 11.1 Å². The third-order valence-electron chi connectivity index (χ3n) is 1.54. The average molecular weight is 198 g/mol. The molecule has 0 aliphatic carbocycles. The fraction of sp³-hybridized carbons (Fsp3) is 0.375. The molecule has 5 nitrogen and oxygen atoms in total. The number of nitrogens with zero attached hydrogens (tertiary/aromatic N) is 2. The van der Waals surface area contributed by atoms with Crippen LogP contribution in [-0.4, -0.2) is 21.9 Å². The van der Waals surface area contributed by atoms with Crippen molar-refractivity contribution in [2.75, 3.05) is 5.32 Å². The highest BCUT2D eigenvalue weighted by Gasteiger charge is 2.06. The maximum absolute atomic E-state index is 12.6. The van der Waals surface area contributed by atoms with Gasteiger partial charge in [-0.1, -0.05) is 0 Å². The van der Waals surface area contributed by atoms with Crippen LogP contribution in [0.15, 0.2) is 12.4 Å². The molecule has 1 atom stereocenters. The van der Waals surface area contributed by atoms with Gasteiger partial charge in [0.2, 0.25) is 11.9 Å². The van der Waals surface area contributed by atoms with Gasteiger partial charge in [0.15, 0.2) is 0 Å². The van der Waals surface area contributed by atoms with Crippen molar-refractivity contribution >= 4 is 11.7 Å². The van der Waals surface area contributed by atoms with Gasteiger partial charge >= 0.3 is 0 Å². The lowest BCUT2D eigenvalue weighted by Crippen LogP contribution is -2.24. The van der Waals surface area contributed by atoms with E-state index in [1.165, 1.54) is 0 Å². The van der Waals surface area contributed by atoms with Crippen LogP contribution in [0.25, 0.3) is 0 Å². The van der Waals surface area contributed by atoms with Gasteiger partial charge in [0.05, 0.1) is 0 Å². The number of halogens is 1. The summed E-state index contributed by atoms with van der Waals surface area (Å²) < 4.78 is 12.6. The topological polar surface area (TPSA) is 80.9 Å². The Labute approximate surface area is 80.5 Å². The Bertz CT molecular complexity index is 331. The number of primary amides is 1. The van der Waals surface area contributed by atoms with Gasteiger partial charge in [-0.25, -0.2) is 9.97 Å². The molecule has 1 heterocycles. The van der Waals surface area contributed by atoms with E-state index in [1.807, 2.05) is 0 Å². The molecule has 3 N–H and O–H groups in total. The van der Waals surface area contributed by atoms with E-state index in [-0.39, 0.29) is 12.5 Å².